The first-order chi connectivity index (χ1) is 6.72. The van der Waals surface area contributed by atoms with Crippen LogP contribution in [0.15, 0.2) is 12.1 Å². The third-order valence-electron chi connectivity index (χ3n) is 2.10. The molecular weight excluding hydrogens is 187 g/mol. The number of hydrogen-bond acceptors (Lipinski definition) is 2. The Balaban J connectivity index is 2.54. The van der Waals surface area contributed by atoms with E-state index in [0.29, 0.717) is 11.3 Å². The second-order valence-electron chi connectivity index (χ2n) is 2.91. The highest BCUT2D eigenvalue weighted by atomic mass is 19.1. The predicted molar refractivity (Wildman–Crippen MR) is 48.8 cm³/mol. The lowest BCUT2D eigenvalue weighted by Gasteiger charge is -2.20. The molecule has 0 aliphatic carbocycles. The van der Waals surface area contributed by atoms with Gasteiger partial charge in [-0.1, -0.05) is 0 Å². The van der Waals surface area contributed by atoms with E-state index in [1.165, 1.54) is 19.2 Å². The fourth-order valence-electron chi connectivity index (χ4n) is 1.43. The van der Waals surface area contributed by atoms with Gasteiger partial charge in [0.05, 0.1) is 19.3 Å². The van der Waals surface area contributed by atoms with Crippen LogP contribution < -0.4 is 15.4 Å². The maximum atomic E-state index is 13.3. The number of benzene rings is 1. The van der Waals surface area contributed by atoms with Gasteiger partial charge in [0, 0.05) is 5.56 Å². The number of ether oxygens (including phenoxy) is 1. The van der Waals surface area contributed by atoms with Gasteiger partial charge in [-0.2, -0.15) is 0 Å². The van der Waals surface area contributed by atoms with Crippen molar-refractivity contribution in [2.45, 2.75) is 6.54 Å². The molecule has 0 saturated carbocycles. The zero-order valence-electron chi connectivity index (χ0n) is 7.56. The van der Waals surface area contributed by atoms with Crippen molar-refractivity contribution in [2.24, 2.45) is 0 Å². The van der Waals surface area contributed by atoms with Gasteiger partial charge >= 0.3 is 6.03 Å². The molecule has 1 aromatic rings. The molecule has 2 amide bonds. The molecule has 74 valence electrons. The molecule has 14 heavy (non-hydrogen) atoms. The molecule has 2 N–H and O–H groups in total. The Hall–Kier alpha value is -1.78. The van der Waals surface area contributed by atoms with Gasteiger partial charge < -0.3 is 15.4 Å². The van der Waals surface area contributed by atoms with Crippen LogP contribution in [-0.2, 0) is 6.54 Å². The number of halogens is 1. The van der Waals surface area contributed by atoms with Crippen LogP contribution in [0.4, 0.5) is 14.9 Å². The van der Waals surface area contributed by atoms with Gasteiger partial charge in [-0.15, -0.1) is 0 Å². The van der Waals surface area contributed by atoms with E-state index < -0.39 is 11.8 Å². The zero-order valence-corrected chi connectivity index (χ0v) is 7.56. The van der Waals surface area contributed by atoms with E-state index >= 15 is 0 Å². The summed E-state index contributed by atoms with van der Waals surface area (Å²) in [6.45, 7) is 0.280. The molecule has 1 heterocycles. The Morgan fingerprint density at radius 1 is 1.50 bits per heavy atom. The summed E-state index contributed by atoms with van der Waals surface area (Å²) in [6.07, 6.45) is 0. The maximum Gasteiger partial charge on any atom is 0.319 e. The minimum absolute atomic E-state index is 0.202. The molecule has 0 aromatic heterocycles. The number of anilines is 1. The molecule has 0 saturated heterocycles. The number of methoxy groups -OCH3 is 1. The number of hydrogen-bond donors (Lipinski definition) is 2. The highest BCUT2D eigenvalue weighted by Crippen LogP contribution is 2.30. The highest BCUT2D eigenvalue weighted by molar-refractivity contribution is 5.93. The molecule has 0 fully saturated rings. The van der Waals surface area contributed by atoms with Crippen LogP contribution in [0.1, 0.15) is 5.56 Å². The summed E-state index contributed by atoms with van der Waals surface area (Å²) in [4.78, 5) is 10.9. The number of nitrogens with one attached hydrogen (secondary N) is 2. The number of rotatable bonds is 1. The van der Waals surface area contributed by atoms with Crippen LogP contribution in [0.3, 0.4) is 0 Å². The minimum Gasteiger partial charge on any atom is -0.496 e. The average molecular weight is 196 g/mol. The summed E-state index contributed by atoms with van der Waals surface area (Å²) in [5.74, 6) is 0.115. The molecule has 0 spiro atoms. The largest absolute Gasteiger partial charge is 0.496 e. The van der Waals surface area contributed by atoms with Crippen molar-refractivity contribution in [1.29, 1.82) is 0 Å². The van der Waals surface area contributed by atoms with Gasteiger partial charge in [0.25, 0.3) is 0 Å². The minimum atomic E-state index is -0.448. The van der Waals surface area contributed by atoms with Crippen molar-refractivity contribution in [2.75, 3.05) is 12.4 Å². The predicted octanol–water partition coefficient (Wildman–Crippen LogP) is 1.47. The Labute approximate surface area is 80.1 Å². The van der Waals surface area contributed by atoms with Crippen molar-refractivity contribution in [3.63, 3.8) is 0 Å². The number of urea groups is 1. The van der Waals surface area contributed by atoms with E-state index in [1.54, 1.807) is 0 Å². The lowest BCUT2D eigenvalue weighted by atomic mass is 10.1. The smallest absolute Gasteiger partial charge is 0.319 e. The molecule has 1 aliphatic heterocycles. The van der Waals surface area contributed by atoms with Crippen molar-refractivity contribution in [1.82, 2.24) is 5.32 Å². The quantitative estimate of drug-likeness (QED) is 0.714. The molecule has 0 unspecified atom stereocenters. The highest BCUT2D eigenvalue weighted by Gasteiger charge is 2.20. The first kappa shape index (κ1) is 8.80. The monoisotopic (exact) mass is 196 g/mol. The second-order valence-corrected chi connectivity index (χ2v) is 2.91. The number of carbonyl (C=O) groups is 1. The number of fused-ring (bicyclic) bond motifs is 1. The van der Waals surface area contributed by atoms with Crippen molar-refractivity contribution >= 4 is 11.7 Å². The topological polar surface area (TPSA) is 50.4 Å². The molecule has 1 aliphatic rings. The number of carbonyl (C=O) groups excluding carboxylic acids is 1. The van der Waals surface area contributed by atoms with Crippen LogP contribution in [0, 0.1) is 5.82 Å². The van der Waals surface area contributed by atoms with E-state index in [1.807, 2.05) is 0 Å². The van der Waals surface area contributed by atoms with Gasteiger partial charge in [0.1, 0.15) is 11.6 Å². The van der Waals surface area contributed by atoms with Crippen molar-refractivity contribution in [3.8, 4) is 5.75 Å². The second kappa shape index (κ2) is 3.17. The summed E-state index contributed by atoms with van der Waals surface area (Å²) < 4.78 is 18.3. The Kier molecular flexibility index (Phi) is 1.99. The molecule has 4 nitrogen and oxygen atoms in total. The first-order valence-electron chi connectivity index (χ1n) is 4.12. The number of amides is 2. The van der Waals surface area contributed by atoms with Gasteiger partial charge in [0.15, 0.2) is 0 Å². The van der Waals surface area contributed by atoms with E-state index in [0.717, 1.165) is 0 Å². The van der Waals surface area contributed by atoms with Gasteiger partial charge in [-0.05, 0) is 12.1 Å². The fraction of sp³-hybridized carbons (Fsp3) is 0.222. The van der Waals surface area contributed by atoms with Gasteiger partial charge in [-0.3, -0.25) is 0 Å². The van der Waals surface area contributed by atoms with Crippen LogP contribution >= 0.6 is 0 Å². The Morgan fingerprint density at radius 3 is 3.00 bits per heavy atom. The molecule has 0 atom stereocenters. The molecule has 2 rings (SSSR count). The normalized spacial score (nSPS) is 14.0. The fourth-order valence-corrected chi connectivity index (χ4v) is 1.43. The van der Waals surface area contributed by atoms with Gasteiger partial charge in [0.2, 0.25) is 0 Å². The lowest BCUT2D eigenvalue weighted by Crippen LogP contribution is -2.34. The maximum absolute atomic E-state index is 13.3. The third kappa shape index (κ3) is 1.26. The van der Waals surface area contributed by atoms with E-state index in [2.05, 4.69) is 10.6 Å². The summed E-state index contributed by atoms with van der Waals surface area (Å²) in [7, 11) is 1.50. The Morgan fingerprint density at radius 2 is 2.29 bits per heavy atom. The SMILES string of the molecule is COc1ccc(F)c2c1CNC(=O)N2. The van der Waals surface area contributed by atoms with Crippen LogP contribution in [-0.4, -0.2) is 13.1 Å². The summed E-state index contributed by atoms with van der Waals surface area (Å²) in [5, 5.41) is 4.94. The average Bonchev–Trinajstić information content (AvgIpc) is 2.19. The third-order valence-corrected chi connectivity index (χ3v) is 2.10. The van der Waals surface area contributed by atoms with Crippen LogP contribution in [0.2, 0.25) is 0 Å². The first-order valence-corrected chi connectivity index (χ1v) is 4.12. The van der Waals surface area contributed by atoms with Crippen molar-refractivity contribution < 1.29 is 13.9 Å². The summed E-state index contributed by atoms with van der Waals surface area (Å²) >= 11 is 0. The van der Waals surface area contributed by atoms with Gasteiger partial charge in [-0.25, -0.2) is 9.18 Å². The lowest BCUT2D eigenvalue weighted by molar-refractivity contribution is 0.250. The standard InChI is InChI=1S/C9H9FN2O2/c1-14-7-3-2-6(10)8-5(7)4-11-9(13)12-8/h2-3H,4H2,1H3,(H2,11,12,13). The van der Waals surface area contributed by atoms with Crippen LogP contribution in [0.25, 0.3) is 0 Å². The molecule has 0 bridgehead atoms. The summed E-state index contributed by atoms with van der Waals surface area (Å²) in [6, 6.07) is 2.40. The van der Waals surface area contributed by atoms with E-state index in [-0.39, 0.29) is 12.2 Å². The molecule has 5 heteroatoms. The van der Waals surface area contributed by atoms with Crippen molar-refractivity contribution in [3.05, 3.63) is 23.5 Å². The molecular formula is C9H9FN2O2. The van der Waals surface area contributed by atoms with E-state index in [4.69, 9.17) is 4.74 Å². The Bertz CT molecular complexity index is 393. The van der Waals surface area contributed by atoms with E-state index in [9.17, 15) is 9.18 Å². The summed E-state index contributed by atoms with van der Waals surface area (Å²) in [5.41, 5.74) is 0.834. The molecule has 1 aromatic carbocycles. The molecule has 0 radical (unpaired) electrons. The zero-order chi connectivity index (χ0) is 10.1. The van der Waals surface area contributed by atoms with Crippen LogP contribution in [0.5, 0.6) is 5.75 Å².